The molecule has 2 rings (SSSR count). The third-order valence-corrected chi connectivity index (χ3v) is 5.48. The maximum atomic E-state index is 13.1. The third kappa shape index (κ3) is 8.08. The quantitative estimate of drug-likeness (QED) is 0.442. The fraction of sp³-hybridized carbons (Fsp3) is 0.417. The second kappa shape index (κ2) is 13.2. The van der Waals surface area contributed by atoms with E-state index in [1.165, 1.54) is 0 Å². The van der Waals surface area contributed by atoms with Gasteiger partial charge in [-0.1, -0.05) is 73.8 Å². The molecule has 0 saturated heterocycles. The van der Waals surface area contributed by atoms with Crippen LogP contribution >= 0.6 is 23.2 Å². The summed E-state index contributed by atoms with van der Waals surface area (Å²) in [5, 5.41) is 3.77. The van der Waals surface area contributed by atoms with Crippen LogP contribution in [0.15, 0.2) is 48.5 Å². The van der Waals surface area contributed by atoms with Crippen LogP contribution in [0, 0.1) is 0 Å². The molecule has 0 aromatic heterocycles. The number of carbonyl (C=O) groups excluding carboxylic acids is 2. The lowest BCUT2D eigenvalue weighted by atomic mass is 10.1. The van der Waals surface area contributed by atoms with Gasteiger partial charge in [-0.25, -0.2) is 0 Å². The topological polar surface area (TPSA) is 58.6 Å². The molecule has 0 spiro atoms. The van der Waals surface area contributed by atoms with Crippen molar-refractivity contribution in [2.75, 3.05) is 19.7 Å². The van der Waals surface area contributed by atoms with Gasteiger partial charge < -0.3 is 15.0 Å². The molecule has 0 saturated carbocycles. The number of nitrogens with zero attached hydrogens (tertiary/aromatic N) is 1. The van der Waals surface area contributed by atoms with Gasteiger partial charge in [0.1, 0.15) is 11.8 Å². The number of ether oxygens (including phenoxy) is 1. The van der Waals surface area contributed by atoms with Crippen LogP contribution in [0.3, 0.4) is 0 Å². The first kappa shape index (κ1) is 25.0. The molecule has 1 unspecified atom stereocenters. The molecule has 7 heteroatoms. The minimum Gasteiger partial charge on any atom is -0.482 e. The molecule has 168 valence electrons. The summed E-state index contributed by atoms with van der Waals surface area (Å²) < 4.78 is 5.65. The molecule has 1 N–H and O–H groups in total. The van der Waals surface area contributed by atoms with E-state index >= 15 is 0 Å². The molecule has 2 aromatic carbocycles. The molecule has 31 heavy (non-hydrogen) atoms. The Balaban J connectivity index is 2.11. The number of rotatable bonds is 12. The molecule has 0 radical (unpaired) electrons. The number of benzene rings is 2. The largest absolute Gasteiger partial charge is 0.482 e. The first-order chi connectivity index (χ1) is 15.0. The van der Waals surface area contributed by atoms with E-state index in [1.54, 1.807) is 23.1 Å². The summed E-state index contributed by atoms with van der Waals surface area (Å²) in [6, 6.07) is 14.2. The Kier molecular flexibility index (Phi) is 10.7. The van der Waals surface area contributed by atoms with Crippen molar-refractivity contribution >= 4 is 35.0 Å². The van der Waals surface area contributed by atoms with Crippen LogP contribution in [0.5, 0.6) is 5.75 Å². The molecule has 0 aliphatic heterocycles. The molecule has 0 fully saturated rings. The number of halogens is 2. The Bertz CT molecular complexity index is 846. The zero-order chi connectivity index (χ0) is 22.6. The van der Waals surface area contributed by atoms with Gasteiger partial charge in [0.05, 0.1) is 5.02 Å². The zero-order valence-electron chi connectivity index (χ0n) is 18.1. The summed E-state index contributed by atoms with van der Waals surface area (Å²) >= 11 is 12.1. The lowest BCUT2D eigenvalue weighted by molar-refractivity contribution is -0.142. The number of unbranched alkanes of at least 4 members (excludes halogenated alkanes) is 1. The van der Waals surface area contributed by atoms with E-state index in [9.17, 15) is 9.59 Å². The number of nitrogens with one attached hydrogen (secondary N) is 1. The van der Waals surface area contributed by atoms with Gasteiger partial charge in [-0.05, 0) is 43.0 Å². The smallest absolute Gasteiger partial charge is 0.261 e. The number of hydrogen-bond acceptors (Lipinski definition) is 3. The van der Waals surface area contributed by atoms with Gasteiger partial charge in [0.15, 0.2) is 6.61 Å². The second-order valence-electron chi connectivity index (χ2n) is 7.25. The van der Waals surface area contributed by atoms with Crippen LogP contribution in [-0.4, -0.2) is 42.5 Å². The Hall–Kier alpha value is -2.24. The summed E-state index contributed by atoms with van der Waals surface area (Å²) in [5.74, 6) is -0.0239. The van der Waals surface area contributed by atoms with Crippen molar-refractivity contribution < 1.29 is 14.3 Å². The first-order valence-electron chi connectivity index (χ1n) is 10.6. The van der Waals surface area contributed by atoms with E-state index in [0.717, 1.165) is 18.4 Å². The van der Waals surface area contributed by atoms with Gasteiger partial charge in [-0.3, -0.25) is 9.59 Å². The van der Waals surface area contributed by atoms with Gasteiger partial charge in [-0.2, -0.15) is 0 Å². The van der Waals surface area contributed by atoms with Crippen molar-refractivity contribution in [1.82, 2.24) is 10.2 Å². The SMILES string of the molecule is CCCCNC(=O)C(CC)N(CCc1ccccc1)C(=O)COc1ccc(Cl)cc1Cl. The highest BCUT2D eigenvalue weighted by Gasteiger charge is 2.28. The lowest BCUT2D eigenvalue weighted by Gasteiger charge is -2.30. The van der Waals surface area contributed by atoms with E-state index in [4.69, 9.17) is 27.9 Å². The van der Waals surface area contributed by atoms with Crippen molar-refractivity contribution in [3.05, 3.63) is 64.1 Å². The maximum absolute atomic E-state index is 13.1. The average molecular weight is 465 g/mol. The number of hydrogen-bond donors (Lipinski definition) is 1. The molecule has 0 aliphatic rings. The number of amides is 2. The fourth-order valence-electron chi connectivity index (χ4n) is 3.22. The van der Waals surface area contributed by atoms with Gasteiger partial charge in [0.25, 0.3) is 5.91 Å². The van der Waals surface area contributed by atoms with E-state index in [-0.39, 0.29) is 18.4 Å². The van der Waals surface area contributed by atoms with E-state index < -0.39 is 6.04 Å². The predicted octanol–water partition coefficient (Wildman–Crippen LogP) is 5.14. The monoisotopic (exact) mass is 464 g/mol. The normalized spacial score (nSPS) is 11.6. The van der Waals surface area contributed by atoms with Crippen molar-refractivity contribution in [1.29, 1.82) is 0 Å². The minimum absolute atomic E-state index is 0.137. The van der Waals surface area contributed by atoms with Crippen LogP contribution in [-0.2, 0) is 16.0 Å². The minimum atomic E-state index is -0.558. The summed E-state index contributed by atoms with van der Waals surface area (Å²) in [5.41, 5.74) is 1.10. The summed E-state index contributed by atoms with van der Waals surface area (Å²) in [4.78, 5) is 27.5. The third-order valence-electron chi connectivity index (χ3n) is 4.94. The molecule has 1 atom stereocenters. The molecule has 0 heterocycles. The molecule has 0 aliphatic carbocycles. The summed E-state index contributed by atoms with van der Waals surface area (Å²) in [7, 11) is 0. The van der Waals surface area contributed by atoms with Crippen molar-refractivity contribution in [3.63, 3.8) is 0 Å². The summed E-state index contributed by atoms with van der Waals surface area (Å²) in [6.07, 6.45) is 3.05. The van der Waals surface area contributed by atoms with E-state index in [2.05, 4.69) is 12.2 Å². The van der Waals surface area contributed by atoms with Crippen LogP contribution in [0.1, 0.15) is 38.7 Å². The first-order valence-corrected chi connectivity index (χ1v) is 11.4. The zero-order valence-corrected chi connectivity index (χ0v) is 19.6. The van der Waals surface area contributed by atoms with E-state index in [1.807, 2.05) is 37.3 Å². The summed E-state index contributed by atoms with van der Waals surface area (Å²) in [6.45, 7) is 4.78. The number of carbonyl (C=O) groups is 2. The Labute approximate surface area is 194 Å². The van der Waals surface area contributed by atoms with Crippen LogP contribution in [0.2, 0.25) is 10.0 Å². The fourth-order valence-corrected chi connectivity index (χ4v) is 3.68. The van der Waals surface area contributed by atoms with Crippen LogP contribution < -0.4 is 10.1 Å². The Morgan fingerprint density at radius 1 is 1.10 bits per heavy atom. The molecule has 2 aromatic rings. The molecule has 0 bridgehead atoms. The Morgan fingerprint density at radius 3 is 2.48 bits per heavy atom. The van der Waals surface area contributed by atoms with Gasteiger partial charge in [0.2, 0.25) is 5.91 Å². The van der Waals surface area contributed by atoms with Crippen molar-refractivity contribution in [2.24, 2.45) is 0 Å². The van der Waals surface area contributed by atoms with Crippen LogP contribution in [0.4, 0.5) is 0 Å². The van der Waals surface area contributed by atoms with Gasteiger partial charge in [-0.15, -0.1) is 0 Å². The lowest BCUT2D eigenvalue weighted by Crippen LogP contribution is -2.51. The highest BCUT2D eigenvalue weighted by molar-refractivity contribution is 6.35. The second-order valence-corrected chi connectivity index (χ2v) is 8.10. The standard InChI is InChI=1S/C24H30Cl2N2O3/c1-3-5-14-27-24(30)21(4-2)28(15-13-18-9-7-6-8-10-18)23(29)17-31-22-12-11-19(25)16-20(22)26/h6-12,16,21H,3-5,13-15,17H2,1-2H3,(H,27,30). The molecule has 5 nitrogen and oxygen atoms in total. The van der Waals surface area contributed by atoms with Gasteiger partial charge in [0, 0.05) is 18.1 Å². The molecular formula is C24H30Cl2N2O3. The van der Waals surface area contributed by atoms with Crippen LogP contribution in [0.25, 0.3) is 0 Å². The maximum Gasteiger partial charge on any atom is 0.261 e. The predicted molar refractivity (Wildman–Crippen MR) is 126 cm³/mol. The molecular weight excluding hydrogens is 435 g/mol. The van der Waals surface area contributed by atoms with Crippen molar-refractivity contribution in [2.45, 2.75) is 45.6 Å². The molecule has 2 amide bonds. The highest BCUT2D eigenvalue weighted by Crippen LogP contribution is 2.27. The Morgan fingerprint density at radius 2 is 1.84 bits per heavy atom. The highest BCUT2D eigenvalue weighted by atomic mass is 35.5. The van der Waals surface area contributed by atoms with Crippen molar-refractivity contribution in [3.8, 4) is 5.75 Å². The van der Waals surface area contributed by atoms with Gasteiger partial charge >= 0.3 is 0 Å². The van der Waals surface area contributed by atoms with E-state index in [0.29, 0.717) is 41.7 Å². The average Bonchev–Trinajstić information content (AvgIpc) is 2.76.